The number of benzene rings is 1. The Morgan fingerprint density at radius 2 is 2.12 bits per heavy atom. The number of hydrogen-bond acceptors (Lipinski definition) is 1. The molecular formula is C14H18BrN. The number of allylic oxidation sites excluding steroid dienone is 1. The summed E-state index contributed by atoms with van der Waals surface area (Å²) in [6.07, 6.45) is 3.73. The van der Waals surface area contributed by atoms with Crippen LogP contribution in [0.15, 0.2) is 29.3 Å². The van der Waals surface area contributed by atoms with Gasteiger partial charge in [0, 0.05) is 16.4 Å². The summed E-state index contributed by atoms with van der Waals surface area (Å²) in [6.45, 7) is 6.80. The molecule has 0 bridgehead atoms. The van der Waals surface area contributed by atoms with Crippen LogP contribution in [0, 0.1) is 0 Å². The van der Waals surface area contributed by atoms with Gasteiger partial charge in [0.05, 0.1) is 0 Å². The summed E-state index contributed by atoms with van der Waals surface area (Å²) in [5.41, 5.74) is 9.86. The number of hydrogen-bond donors (Lipinski definition) is 1. The van der Waals surface area contributed by atoms with Gasteiger partial charge in [-0.15, -0.1) is 0 Å². The summed E-state index contributed by atoms with van der Waals surface area (Å²) in [5, 5.41) is 0. The van der Waals surface area contributed by atoms with Crippen molar-refractivity contribution < 1.29 is 0 Å². The molecule has 2 heteroatoms. The Labute approximate surface area is 106 Å². The highest BCUT2D eigenvalue weighted by atomic mass is 79.9. The Morgan fingerprint density at radius 1 is 1.44 bits per heavy atom. The zero-order valence-electron chi connectivity index (χ0n) is 9.72. The predicted octanol–water partition coefficient (Wildman–Crippen LogP) is 3.86. The largest absolute Gasteiger partial charge is 0.330 e. The maximum absolute atomic E-state index is 5.94. The fourth-order valence-electron chi connectivity index (χ4n) is 2.36. The van der Waals surface area contributed by atoms with Crippen molar-refractivity contribution in [2.75, 3.05) is 6.54 Å². The van der Waals surface area contributed by atoms with E-state index < -0.39 is 0 Å². The minimum absolute atomic E-state index is 0.230. The van der Waals surface area contributed by atoms with Crippen molar-refractivity contribution in [2.45, 2.75) is 31.6 Å². The Bertz CT molecular complexity index is 413. The average molecular weight is 280 g/mol. The van der Waals surface area contributed by atoms with E-state index in [1.165, 1.54) is 30.4 Å². The van der Waals surface area contributed by atoms with Crippen molar-refractivity contribution in [3.63, 3.8) is 0 Å². The lowest BCUT2D eigenvalue weighted by Crippen LogP contribution is -2.41. The van der Waals surface area contributed by atoms with Crippen LogP contribution in [0.2, 0.25) is 0 Å². The van der Waals surface area contributed by atoms with Crippen LogP contribution in [0.25, 0.3) is 5.57 Å². The minimum Gasteiger partial charge on any atom is -0.330 e. The lowest BCUT2D eigenvalue weighted by atomic mass is 9.64. The molecular weight excluding hydrogens is 262 g/mol. The van der Waals surface area contributed by atoms with Gasteiger partial charge in [0.15, 0.2) is 0 Å². The molecule has 0 amide bonds. The summed E-state index contributed by atoms with van der Waals surface area (Å²) >= 11 is 3.57. The molecule has 2 rings (SSSR count). The Balaban J connectivity index is 2.44. The topological polar surface area (TPSA) is 26.0 Å². The summed E-state index contributed by atoms with van der Waals surface area (Å²) in [5.74, 6) is 0. The molecule has 86 valence electrons. The quantitative estimate of drug-likeness (QED) is 0.893. The van der Waals surface area contributed by atoms with Crippen LogP contribution in [-0.2, 0) is 5.41 Å². The van der Waals surface area contributed by atoms with Gasteiger partial charge >= 0.3 is 0 Å². The molecule has 0 aromatic heterocycles. The molecule has 0 unspecified atom stereocenters. The molecule has 0 radical (unpaired) electrons. The van der Waals surface area contributed by atoms with Crippen LogP contribution in [0.5, 0.6) is 0 Å². The highest BCUT2D eigenvalue weighted by Crippen LogP contribution is 2.44. The molecule has 2 N–H and O–H groups in total. The molecule has 1 aromatic rings. The molecule has 0 atom stereocenters. The minimum atomic E-state index is 0.230. The highest BCUT2D eigenvalue weighted by molar-refractivity contribution is 9.10. The molecule has 0 spiro atoms. The molecule has 0 saturated heterocycles. The van der Waals surface area contributed by atoms with Crippen LogP contribution < -0.4 is 5.73 Å². The van der Waals surface area contributed by atoms with E-state index in [4.69, 9.17) is 5.73 Å². The van der Waals surface area contributed by atoms with E-state index in [-0.39, 0.29) is 5.41 Å². The standard InChI is InChI=1S/C14H18BrN/c1-10(2)11-6-12(8-13(15)7-11)14(9-16)4-3-5-14/h6-8H,1,3-5,9,16H2,2H3. The van der Waals surface area contributed by atoms with E-state index in [0.717, 1.165) is 16.6 Å². The smallest absolute Gasteiger partial charge is 0.0184 e. The number of halogens is 1. The van der Waals surface area contributed by atoms with Gasteiger partial charge in [-0.2, -0.15) is 0 Å². The van der Waals surface area contributed by atoms with Crippen LogP contribution in [0.1, 0.15) is 37.3 Å². The molecule has 0 aliphatic heterocycles. The van der Waals surface area contributed by atoms with Crippen molar-refractivity contribution in [3.8, 4) is 0 Å². The van der Waals surface area contributed by atoms with Gasteiger partial charge in [-0.25, -0.2) is 0 Å². The first-order valence-corrected chi connectivity index (χ1v) is 6.54. The van der Waals surface area contributed by atoms with Gasteiger partial charge in [0.1, 0.15) is 0 Å². The Kier molecular flexibility index (Phi) is 3.22. The first-order valence-electron chi connectivity index (χ1n) is 5.74. The summed E-state index contributed by atoms with van der Waals surface area (Å²) in [6, 6.07) is 6.58. The lowest BCUT2D eigenvalue weighted by molar-refractivity contribution is 0.253. The molecule has 1 saturated carbocycles. The normalized spacial score (nSPS) is 17.9. The van der Waals surface area contributed by atoms with E-state index in [1.807, 2.05) is 6.92 Å². The van der Waals surface area contributed by atoms with E-state index in [0.29, 0.717) is 0 Å². The van der Waals surface area contributed by atoms with E-state index in [9.17, 15) is 0 Å². The first-order chi connectivity index (χ1) is 7.57. The van der Waals surface area contributed by atoms with Crippen molar-refractivity contribution >= 4 is 21.5 Å². The highest BCUT2D eigenvalue weighted by Gasteiger charge is 2.37. The summed E-state index contributed by atoms with van der Waals surface area (Å²) in [4.78, 5) is 0. The fraction of sp³-hybridized carbons (Fsp3) is 0.429. The van der Waals surface area contributed by atoms with E-state index >= 15 is 0 Å². The second-order valence-electron chi connectivity index (χ2n) is 4.85. The monoisotopic (exact) mass is 279 g/mol. The zero-order valence-corrected chi connectivity index (χ0v) is 11.3. The molecule has 1 aromatic carbocycles. The SMILES string of the molecule is C=C(C)c1cc(Br)cc(C2(CN)CCC2)c1. The van der Waals surface area contributed by atoms with E-state index in [1.54, 1.807) is 0 Å². The van der Waals surface area contributed by atoms with Gasteiger partial charge < -0.3 is 5.73 Å². The second kappa shape index (κ2) is 4.34. The second-order valence-corrected chi connectivity index (χ2v) is 5.76. The number of nitrogens with two attached hydrogens (primary N) is 1. The van der Waals surface area contributed by atoms with Crippen LogP contribution in [0.4, 0.5) is 0 Å². The lowest BCUT2D eigenvalue weighted by Gasteiger charge is -2.42. The molecule has 1 nitrogen and oxygen atoms in total. The first kappa shape index (κ1) is 11.9. The maximum atomic E-state index is 5.94. The van der Waals surface area contributed by atoms with Crippen molar-refractivity contribution in [1.82, 2.24) is 0 Å². The van der Waals surface area contributed by atoms with Crippen LogP contribution in [-0.4, -0.2) is 6.54 Å². The number of rotatable bonds is 3. The van der Waals surface area contributed by atoms with E-state index in [2.05, 4.69) is 40.7 Å². The maximum Gasteiger partial charge on any atom is 0.0184 e. The third kappa shape index (κ3) is 1.96. The van der Waals surface area contributed by atoms with Gasteiger partial charge in [-0.1, -0.05) is 40.6 Å². The zero-order chi connectivity index (χ0) is 11.8. The Morgan fingerprint density at radius 3 is 2.56 bits per heavy atom. The molecule has 16 heavy (non-hydrogen) atoms. The van der Waals surface area contributed by atoms with Crippen molar-refractivity contribution in [2.24, 2.45) is 5.73 Å². The average Bonchev–Trinajstić information content (AvgIpc) is 2.16. The fourth-order valence-corrected chi connectivity index (χ4v) is 2.85. The van der Waals surface area contributed by atoms with Gasteiger partial charge in [-0.3, -0.25) is 0 Å². The molecule has 1 fully saturated rings. The van der Waals surface area contributed by atoms with Gasteiger partial charge in [-0.05, 0) is 43.0 Å². The van der Waals surface area contributed by atoms with Gasteiger partial charge in [0.25, 0.3) is 0 Å². The van der Waals surface area contributed by atoms with Crippen molar-refractivity contribution in [3.05, 3.63) is 40.4 Å². The summed E-state index contributed by atoms with van der Waals surface area (Å²) < 4.78 is 1.13. The third-order valence-electron chi connectivity index (χ3n) is 3.70. The molecule has 1 aliphatic carbocycles. The van der Waals surface area contributed by atoms with Gasteiger partial charge in [0.2, 0.25) is 0 Å². The van der Waals surface area contributed by atoms with Crippen LogP contribution >= 0.6 is 15.9 Å². The summed E-state index contributed by atoms with van der Waals surface area (Å²) in [7, 11) is 0. The molecule has 1 aliphatic rings. The van der Waals surface area contributed by atoms with Crippen LogP contribution in [0.3, 0.4) is 0 Å². The Hall–Kier alpha value is -0.600. The molecule has 0 heterocycles. The predicted molar refractivity (Wildman–Crippen MR) is 73.4 cm³/mol. The third-order valence-corrected chi connectivity index (χ3v) is 4.16. The van der Waals surface area contributed by atoms with Crippen molar-refractivity contribution in [1.29, 1.82) is 0 Å².